The number of aromatic nitrogens is 3. The van der Waals surface area contributed by atoms with Crippen molar-refractivity contribution in [2.75, 3.05) is 38.1 Å². The Bertz CT molecular complexity index is 2260. The normalized spacial score (nSPS) is 17.9. The number of piperidine rings is 1. The van der Waals surface area contributed by atoms with Crippen LogP contribution < -0.4 is 15.4 Å². The number of aromatic hydroxyl groups is 1. The fraction of sp³-hybridized carbons (Fsp3) is 0.500. The summed E-state index contributed by atoms with van der Waals surface area (Å²) in [4.78, 5) is 29.2. The molecule has 13 nitrogen and oxygen atoms in total. The van der Waals surface area contributed by atoms with Gasteiger partial charge in [-0.05, 0) is 128 Å². The van der Waals surface area contributed by atoms with E-state index in [0.29, 0.717) is 28.6 Å². The molecule has 2 aliphatic heterocycles. The lowest BCUT2D eigenvalue weighted by Gasteiger charge is -2.51. The van der Waals surface area contributed by atoms with Crippen molar-refractivity contribution in [3.63, 3.8) is 0 Å². The van der Waals surface area contributed by atoms with Gasteiger partial charge in [-0.2, -0.15) is 0 Å². The number of nitrogens with zero attached hydrogens (tertiary/aromatic N) is 4. The van der Waals surface area contributed by atoms with E-state index in [9.17, 15) is 19.8 Å². The SMILES string of the molecule is CC(C)(C)[Si](C)(C)O[C@@H](CNCc1ccc2c(c1)nnn2CCCN1CCC2(CC1)CC(OC(=O)C(O)(c1cccs1)c1cccs1)C2)c1ccc(O)c2c1OCC(=O)N2. The molecule has 1 saturated heterocycles. The fourth-order valence-electron chi connectivity index (χ4n) is 8.44. The summed E-state index contributed by atoms with van der Waals surface area (Å²) >= 11 is 2.73. The number of benzene rings is 2. The molecule has 3 aromatic heterocycles. The van der Waals surface area contributed by atoms with Crippen LogP contribution in [-0.4, -0.2) is 89.2 Å². The molecule has 60 heavy (non-hydrogen) atoms. The summed E-state index contributed by atoms with van der Waals surface area (Å²) in [5.41, 5.74) is 2.45. The van der Waals surface area contributed by atoms with Gasteiger partial charge in [-0.15, -0.1) is 27.8 Å². The lowest BCUT2D eigenvalue weighted by molar-refractivity contribution is -0.181. The number of amides is 1. The van der Waals surface area contributed by atoms with Crippen molar-refractivity contribution in [2.45, 2.75) is 102 Å². The van der Waals surface area contributed by atoms with E-state index in [1.807, 2.05) is 33.6 Å². The Labute approximate surface area is 360 Å². The van der Waals surface area contributed by atoms with Crippen molar-refractivity contribution >= 4 is 59.6 Å². The average molecular weight is 873 g/mol. The summed E-state index contributed by atoms with van der Waals surface area (Å²) in [6.07, 6.45) is 4.28. The van der Waals surface area contributed by atoms with Gasteiger partial charge in [0.05, 0.1) is 21.4 Å². The second-order valence-corrected chi connectivity index (χ2v) is 24.8. The zero-order chi connectivity index (χ0) is 42.3. The van der Waals surface area contributed by atoms with E-state index >= 15 is 0 Å². The number of likely N-dealkylation sites (tertiary alicyclic amines) is 1. The summed E-state index contributed by atoms with van der Waals surface area (Å²) in [6, 6.07) is 17.0. The van der Waals surface area contributed by atoms with Crippen molar-refractivity contribution in [1.29, 1.82) is 0 Å². The highest BCUT2D eigenvalue weighted by molar-refractivity contribution is 7.12. The molecule has 4 N–H and O–H groups in total. The topological polar surface area (TPSA) is 160 Å². The van der Waals surface area contributed by atoms with E-state index < -0.39 is 19.9 Å². The molecule has 3 aliphatic rings. The summed E-state index contributed by atoms with van der Waals surface area (Å²) in [5, 5.41) is 41.2. The van der Waals surface area contributed by atoms with Crippen LogP contribution >= 0.6 is 22.7 Å². The zero-order valence-corrected chi connectivity index (χ0v) is 37.7. The quantitative estimate of drug-likeness (QED) is 0.0467. The maximum absolute atomic E-state index is 13.4. The third-order valence-electron chi connectivity index (χ3n) is 13.0. The Morgan fingerprint density at radius 2 is 1.78 bits per heavy atom. The van der Waals surface area contributed by atoms with Crippen LogP contribution in [0.1, 0.15) is 79.9 Å². The summed E-state index contributed by atoms with van der Waals surface area (Å²) in [7, 11) is -2.23. The minimum absolute atomic E-state index is 0.0312. The minimum Gasteiger partial charge on any atom is -0.506 e. The monoisotopic (exact) mass is 872 g/mol. The number of aliphatic hydroxyl groups is 1. The highest BCUT2D eigenvalue weighted by Crippen LogP contribution is 2.51. The first-order valence-corrected chi connectivity index (χ1v) is 25.5. The van der Waals surface area contributed by atoms with Gasteiger partial charge >= 0.3 is 5.97 Å². The number of nitrogens with one attached hydrogen (secondary N) is 2. The third-order valence-corrected chi connectivity index (χ3v) is 19.5. The lowest BCUT2D eigenvalue weighted by atomic mass is 9.61. The second-order valence-electron chi connectivity index (χ2n) is 18.1. The first kappa shape index (κ1) is 42.5. The second kappa shape index (κ2) is 16.9. The number of carbonyl (C=O) groups is 2. The van der Waals surface area contributed by atoms with Crippen molar-refractivity contribution < 1.29 is 33.7 Å². The highest BCUT2D eigenvalue weighted by Gasteiger charge is 2.51. The molecule has 2 aromatic carbocycles. The van der Waals surface area contributed by atoms with E-state index in [1.54, 1.807) is 18.2 Å². The Kier molecular flexibility index (Phi) is 12.0. The predicted octanol–water partition coefficient (Wildman–Crippen LogP) is 7.56. The molecule has 0 bridgehead atoms. The smallest absolute Gasteiger partial charge is 0.349 e. The van der Waals surface area contributed by atoms with E-state index in [4.69, 9.17) is 13.9 Å². The molecule has 5 heterocycles. The number of carbonyl (C=O) groups excluding carboxylic acids is 2. The van der Waals surface area contributed by atoms with Gasteiger partial charge in [0, 0.05) is 25.2 Å². The van der Waals surface area contributed by atoms with Gasteiger partial charge in [-0.25, -0.2) is 9.48 Å². The number of aryl methyl sites for hydroxylation is 1. The molecule has 1 saturated carbocycles. The average Bonchev–Trinajstić information content (AvgIpc) is 4.01. The standard InChI is InChI=1S/C44H56N6O7S2Si/c1-42(2,3)60(4,5)57-35(31-12-14-34(51)39-40(31)55-28-38(52)46-39)27-45-26-29-11-13-33-32(23-29)47-48-50(33)18-8-17-49-19-15-43(16-20-49)24-30(25-43)56-41(53)44(54,36-9-6-21-58-36)37-10-7-22-59-37/h6-7,9-14,21-23,30,35,45,51,54H,8,15-20,24-28H2,1-5H3,(H,46,52)/t35-/m0/s1. The van der Waals surface area contributed by atoms with Crippen LogP contribution in [0.15, 0.2) is 65.4 Å². The van der Waals surface area contributed by atoms with Crippen LogP contribution in [-0.2, 0) is 37.4 Å². The van der Waals surface area contributed by atoms with Crippen molar-refractivity contribution in [2.24, 2.45) is 5.41 Å². The maximum Gasteiger partial charge on any atom is 0.349 e. The number of thiophene rings is 2. The Hall–Kier alpha value is -4.16. The van der Waals surface area contributed by atoms with Gasteiger partial charge in [0.1, 0.15) is 23.1 Å². The molecule has 5 aromatic rings. The Balaban J connectivity index is 0.811. The molecule has 1 atom stereocenters. The number of fused-ring (bicyclic) bond motifs is 2. The minimum atomic E-state index is -2.23. The number of anilines is 1. The first-order chi connectivity index (χ1) is 28.6. The molecule has 1 spiro atoms. The zero-order valence-electron chi connectivity index (χ0n) is 35.0. The van der Waals surface area contributed by atoms with E-state index in [-0.39, 0.29) is 46.6 Å². The molecule has 1 amide bonds. The van der Waals surface area contributed by atoms with Crippen LogP contribution in [0, 0.1) is 5.41 Å². The largest absolute Gasteiger partial charge is 0.506 e. The van der Waals surface area contributed by atoms with Crippen molar-refractivity contribution in [3.05, 3.63) is 86.2 Å². The van der Waals surface area contributed by atoms with Crippen LogP contribution in [0.2, 0.25) is 18.1 Å². The van der Waals surface area contributed by atoms with Gasteiger partial charge in [0.2, 0.25) is 5.60 Å². The molecule has 2 fully saturated rings. The Morgan fingerprint density at radius 1 is 1.07 bits per heavy atom. The van der Waals surface area contributed by atoms with Crippen LogP contribution in [0.25, 0.3) is 11.0 Å². The number of hydrogen-bond acceptors (Lipinski definition) is 13. The molecular weight excluding hydrogens is 817 g/mol. The van der Waals surface area contributed by atoms with Gasteiger partial charge in [-0.1, -0.05) is 44.2 Å². The van der Waals surface area contributed by atoms with Gasteiger partial charge in [0.15, 0.2) is 20.7 Å². The molecule has 16 heteroatoms. The molecule has 1 aliphatic carbocycles. The Morgan fingerprint density at radius 3 is 2.45 bits per heavy atom. The highest BCUT2D eigenvalue weighted by atomic mass is 32.1. The molecule has 0 radical (unpaired) electrons. The first-order valence-electron chi connectivity index (χ1n) is 20.9. The fourth-order valence-corrected chi connectivity index (χ4v) is 11.4. The third kappa shape index (κ3) is 8.65. The summed E-state index contributed by atoms with van der Waals surface area (Å²) in [5.74, 6) is -0.470. The van der Waals surface area contributed by atoms with Crippen molar-refractivity contribution in [3.8, 4) is 11.5 Å². The number of phenolic OH excluding ortho intramolecular Hbond substituents is 1. The predicted molar refractivity (Wildman–Crippen MR) is 236 cm³/mol. The number of rotatable bonds is 15. The lowest BCUT2D eigenvalue weighted by Crippen LogP contribution is -2.52. The number of hydrogen-bond donors (Lipinski definition) is 4. The van der Waals surface area contributed by atoms with Gasteiger partial charge in [0.25, 0.3) is 5.91 Å². The van der Waals surface area contributed by atoms with E-state index in [2.05, 4.69) is 77.9 Å². The molecule has 0 unspecified atom stereocenters. The molecule has 8 rings (SSSR count). The van der Waals surface area contributed by atoms with Crippen molar-refractivity contribution in [1.82, 2.24) is 25.2 Å². The summed E-state index contributed by atoms with van der Waals surface area (Å²) in [6.45, 7) is 15.8. The number of ether oxygens (including phenoxy) is 2. The van der Waals surface area contributed by atoms with Crippen LogP contribution in [0.3, 0.4) is 0 Å². The van der Waals surface area contributed by atoms with Gasteiger partial charge < -0.3 is 39.6 Å². The molecular formula is C44H56N6O7S2Si. The van der Waals surface area contributed by atoms with E-state index in [0.717, 1.165) is 80.4 Å². The van der Waals surface area contributed by atoms with Crippen LogP contribution in [0.4, 0.5) is 5.69 Å². The van der Waals surface area contributed by atoms with Gasteiger partial charge in [-0.3, -0.25) is 4.79 Å². The summed E-state index contributed by atoms with van der Waals surface area (Å²) < 4.78 is 20.7. The van der Waals surface area contributed by atoms with E-state index in [1.165, 1.54) is 22.7 Å². The van der Waals surface area contributed by atoms with Crippen LogP contribution in [0.5, 0.6) is 11.5 Å². The maximum atomic E-state index is 13.4. The number of phenols is 1. The molecule has 320 valence electrons. The number of esters is 1.